The molecule has 13 heteroatoms. The van der Waals surface area contributed by atoms with Gasteiger partial charge in [-0.25, -0.2) is 0 Å². The Labute approximate surface area is 147 Å². The maximum atomic E-state index is 11.9. The number of rotatable bonds is 6. The van der Waals surface area contributed by atoms with E-state index >= 15 is 0 Å². The minimum absolute atomic E-state index is 0.0112. The highest BCUT2D eigenvalue weighted by Gasteiger charge is 2.22. The van der Waals surface area contributed by atoms with Gasteiger partial charge >= 0.3 is 0 Å². The second kappa shape index (κ2) is 7.27. The lowest BCUT2D eigenvalue weighted by Crippen LogP contribution is -2.13. The number of benzene rings is 2. The van der Waals surface area contributed by atoms with Crippen molar-refractivity contribution in [3.8, 4) is 0 Å². The van der Waals surface area contributed by atoms with Crippen LogP contribution in [0.5, 0.6) is 0 Å². The molecule has 0 aliphatic rings. The fourth-order valence-corrected chi connectivity index (χ4v) is 3.61. The fraction of sp³-hybridized carbons (Fsp3) is 0.154. The highest BCUT2D eigenvalue weighted by atomic mass is 32.2. The van der Waals surface area contributed by atoms with Gasteiger partial charge in [0.25, 0.3) is 20.2 Å². The van der Waals surface area contributed by atoms with Crippen LogP contribution in [0, 0.1) is 0 Å². The second-order valence-electron chi connectivity index (χ2n) is 5.03. The molecule has 0 aromatic heterocycles. The Balaban J connectivity index is 2.67. The Morgan fingerprint density at radius 2 is 1.85 bits per heavy atom. The number of fused-ring (bicyclic) bond motifs is 1. The lowest BCUT2D eigenvalue weighted by Gasteiger charge is -2.12. The number of nitrogens with zero attached hydrogens (tertiary/aromatic N) is 3. The summed E-state index contributed by atoms with van der Waals surface area (Å²) in [6.45, 7) is -0.120. The molecular formula is C13H12N4O7S2. The zero-order valence-electron chi connectivity index (χ0n) is 12.9. The number of carbonyl (C=O) groups excluding carboxylic acids is 1. The van der Waals surface area contributed by atoms with Crippen molar-refractivity contribution in [2.24, 2.45) is 5.11 Å². The maximum absolute atomic E-state index is 11.9. The molecule has 0 radical (unpaired) electrons. The van der Waals surface area contributed by atoms with E-state index in [0.29, 0.717) is 6.07 Å². The number of amides is 1. The number of hydrogen-bond donors (Lipinski definition) is 3. The van der Waals surface area contributed by atoms with Gasteiger partial charge in [-0.1, -0.05) is 17.2 Å². The van der Waals surface area contributed by atoms with E-state index < -0.39 is 35.9 Å². The first kappa shape index (κ1) is 19.6. The molecule has 2 rings (SSSR count). The van der Waals surface area contributed by atoms with E-state index in [4.69, 9.17) is 10.1 Å². The first-order valence-corrected chi connectivity index (χ1v) is 9.74. The zero-order chi connectivity index (χ0) is 19.5. The lowest BCUT2D eigenvalue weighted by molar-refractivity contribution is -0.116. The molecule has 11 nitrogen and oxygen atoms in total. The van der Waals surface area contributed by atoms with E-state index in [1.165, 1.54) is 18.2 Å². The van der Waals surface area contributed by atoms with Crippen LogP contribution in [0.3, 0.4) is 0 Å². The maximum Gasteiger partial charge on any atom is 0.295 e. The predicted octanol–water partition coefficient (Wildman–Crippen LogP) is 1.97. The van der Waals surface area contributed by atoms with Gasteiger partial charge in [-0.05, 0) is 29.1 Å². The number of nitrogens with one attached hydrogen (secondary N) is 1. The SMILES string of the molecule is [N-]=[N+]=NCCC(=O)Nc1cccc2cc(S(=O)(=O)O)cc(S(=O)(=O)O)c12. The largest absolute Gasteiger partial charge is 0.325 e. The molecule has 3 N–H and O–H groups in total. The van der Waals surface area contributed by atoms with Gasteiger partial charge in [-0.2, -0.15) is 16.8 Å². The summed E-state index contributed by atoms with van der Waals surface area (Å²) < 4.78 is 64.6. The molecule has 0 unspecified atom stereocenters. The van der Waals surface area contributed by atoms with Crippen molar-refractivity contribution in [2.75, 3.05) is 11.9 Å². The van der Waals surface area contributed by atoms with E-state index in [1.54, 1.807) is 0 Å². The van der Waals surface area contributed by atoms with E-state index in [2.05, 4.69) is 15.3 Å². The first-order chi connectivity index (χ1) is 12.0. The molecule has 0 aliphatic carbocycles. The van der Waals surface area contributed by atoms with Crippen LogP contribution in [0.4, 0.5) is 5.69 Å². The average molecular weight is 400 g/mol. The summed E-state index contributed by atoms with van der Waals surface area (Å²) in [7, 11) is -9.62. The van der Waals surface area contributed by atoms with Crippen LogP contribution in [0.25, 0.3) is 21.2 Å². The minimum Gasteiger partial charge on any atom is -0.325 e. The van der Waals surface area contributed by atoms with Gasteiger partial charge in [0.1, 0.15) is 4.90 Å². The molecule has 0 saturated carbocycles. The standard InChI is InChI=1S/C13H12N4O7S2/c14-17-15-5-4-12(18)16-10-3-1-2-8-6-9(25(19,20)21)7-11(13(8)10)26(22,23)24/h1-3,6-7H,4-5H2,(H,16,18)(H,19,20,21)(H,22,23,24). The van der Waals surface area contributed by atoms with Crippen molar-refractivity contribution in [3.05, 3.63) is 40.8 Å². The lowest BCUT2D eigenvalue weighted by atomic mass is 10.1. The normalized spacial score (nSPS) is 11.8. The third kappa shape index (κ3) is 4.47. The van der Waals surface area contributed by atoms with Crippen molar-refractivity contribution in [1.29, 1.82) is 0 Å². The molecule has 0 atom stereocenters. The van der Waals surface area contributed by atoms with Gasteiger partial charge in [0, 0.05) is 29.0 Å². The van der Waals surface area contributed by atoms with Crippen LogP contribution in [0.2, 0.25) is 0 Å². The molecule has 0 fully saturated rings. The number of azide groups is 1. The van der Waals surface area contributed by atoms with Crippen molar-refractivity contribution in [3.63, 3.8) is 0 Å². The predicted molar refractivity (Wildman–Crippen MR) is 90.8 cm³/mol. The van der Waals surface area contributed by atoms with Crippen molar-refractivity contribution >= 4 is 42.6 Å². The Bertz CT molecular complexity index is 1140. The molecule has 2 aromatic rings. The summed E-state index contributed by atoms with van der Waals surface area (Å²) in [5.74, 6) is -0.593. The zero-order valence-corrected chi connectivity index (χ0v) is 14.5. The molecular weight excluding hydrogens is 388 g/mol. The molecule has 1 amide bonds. The second-order valence-corrected chi connectivity index (χ2v) is 7.84. The molecule has 138 valence electrons. The number of anilines is 1. The Morgan fingerprint density at radius 3 is 2.42 bits per heavy atom. The van der Waals surface area contributed by atoms with Crippen LogP contribution in [0.1, 0.15) is 6.42 Å². The third-order valence-corrected chi connectivity index (χ3v) is 4.98. The summed E-state index contributed by atoms with van der Waals surface area (Å²) in [6, 6.07) is 5.68. The van der Waals surface area contributed by atoms with Crippen LogP contribution in [0.15, 0.2) is 45.2 Å². The van der Waals surface area contributed by atoms with Crippen LogP contribution in [-0.2, 0) is 25.0 Å². The molecule has 0 heterocycles. The van der Waals surface area contributed by atoms with E-state index in [-0.39, 0.29) is 29.4 Å². The van der Waals surface area contributed by atoms with E-state index in [0.717, 1.165) is 6.07 Å². The molecule has 0 bridgehead atoms. The quantitative estimate of drug-likeness (QED) is 0.286. The monoisotopic (exact) mass is 400 g/mol. The minimum atomic E-state index is -4.88. The van der Waals surface area contributed by atoms with Crippen molar-refractivity contribution in [2.45, 2.75) is 16.2 Å². The Kier molecular flexibility index (Phi) is 5.49. The molecule has 0 saturated heterocycles. The highest BCUT2D eigenvalue weighted by Crippen LogP contribution is 2.33. The van der Waals surface area contributed by atoms with Crippen LogP contribution in [-0.4, -0.2) is 38.4 Å². The van der Waals surface area contributed by atoms with Crippen LogP contribution >= 0.6 is 0 Å². The average Bonchev–Trinajstić information content (AvgIpc) is 2.52. The third-order valence-electron chi connectivity index (χ3n) is 3.27. The molecule has 0 aliphatic heterocycles. The van der Waals surface area contributed by atoms with E-state index in [9.17, 15) is 26.2 Å². The van der Waals surface area contributed by atoms with Gasteiger partial charge in [-0.3, -0.25) is 13.9 Å². The van der Waals surface area contributed by atoms with Gasteiger partial charge in [0.05, 0.1) is 4.90 Å². The van der Waals surface area contributed by atoms with Gasteiger partial charge in [-0.15, -0.1) is 0 Å². The van der Waals surface area contributed by atoms with E-state index in [1.807, 2.05) is 0 Å². The molecule has 2 aromatic carbocycles. The van der Waals surface area contributed by atoms with Crippen molar-refractivity contribution in [1.82, 2.24) is 0 Å². The Hall–Kier alpha value is -2.70. The smallest absolute Gasteiger partial charge is 0.295 e. The van der Waals surface area contributed by atoms with Gasteiger partial charge in [0.2, 0.25) is 5.91 Å². The summed E-state index contributed by atoms with van der Waals surface area (Å²) in [5.41, 5.74) is 8.18. The van der Waals surface area contributed by atoms with Gasteiger partial charge < -0.3 is 5.32 Å². The number of carbonyl (C=O) groups is 1. The molecule has 26 heavy (non-hydrogen) atoms. The van der Waals surface area contributed by atoms with Crippen molar-refractivity contribution < 1.29 is 30.7 Å². The topological polar surface area (TPSA) is 187 Å². The Morgan fingerprint density at radius 1 is 1.15 bits per heavy atom. The summed E-state index contributed by atoms with van der Waals surface area (Å²) in [4.78, 5) is 12.8. The fourth-order valence-electron chi connectivity index (χ4n) is 2.23. The van der Waals surface area contributed by atoms with Gasteiger partial charge in [0.15, 0.2) is 0 Å². The first-order valence-electron chi connectivity index (χ1n) is 6.86. The summed E-state index contributed by atoms with van der Waals surface area (Å²) >= 11 is 0. The summed E-state index contributed by atoms with van der Waals surface area (Å²) in [6.07, 6.45) is -0.176. The highest BCUT2D eigenvalue weighted by molar-refractivity contribution is 7.86. The summed E-state index contributed by atoms with van der Waals surface area (Å²) in [5, 5.41) is 5.51. The molecule has 0 spiro atoms. The number of hydrogen-bond acceptors (Lipinski definition) is 6. The van der Waals surface area contributed by atoms with Crippen LogP contribution < -0.4 is 5.32 Å².